The second kappa shape index (κ2) is 5.41. The maximum absolute atomic E-state index is 14.0. The van der Waals surface area contributed by atoms with Crippen LogP contribution in [0.15, 0.2) is 36.4 Å². The largest absolute Gasteiger partial charge is 0.291 e. The molecule has 3 aromatic rings. The molecular weight excluding hydrogens is 301 g/mol. The molecule has 21 heavy (non-hydrogen) atoms. The normalized spacial score (nSPS) is 11.2. The van der Waals surface area contributed by atoms with Gasteiger partial charge in [0.05, 0.1) is 5.52 Å². The number of hydrogen-bond donors (Lipinski definition) is 0. The average Bonchev–Trinajstić information content (AvgIpc) is 2.80. The highest BCUT2D eigenvalue weighted by atomic mass is 35.5. The number of aryl methyl sites for hydroxylation is 1. The summed E-state index contributed by atoms with van der Waals surface area (Å²) in [5.41, 5.74) is 0.102. The maximum atomic E-state index is 14.0. The molecule has 0 amide bonds. The first-order chi connectivity index (χ1) is 10.1. The van der Waals surface area contributed by atoms with E-state index in [4.69, 9.17) is 11.6 Å². The Bertz CT molecular complexity index is 794. The molecule has 0 aliphatic carbocycles. The number of rotatable bonds is 3. The lowest BCUT2D eigenvalue weighted by atomic mass is 10.2. The fraction of sp³-hybridized carbons (Fsp3) is 0.133. The van der Waals surface area contributed by atoms with E-state index in [-0.39, 0.29) is 23.5 Å². The van der Waals surface area contributed by atoms with Crippen molar-refractivity contribution in [2.24, 2.45) is 0 Å². The second-order valence-corrected chi connectivity index (χ2v) is 4.86. The number of halogens is 4. The molecule has 0 spiro atoms. The van der Waals surface area contributed by atoms with Crippen LogP contribution in [0.4, 0.5) is 13.2 Å². The first-order valence-electron chi connectivity index (χ1n) is 6.29. The molecule has 2 nitrogen and oxygen atoms in total. The van der Waals surface area contributed by atoms with Crippen molar-refractivity contribution in [1.29, 1.82) is 0 Å². The van der Waals surface area contributed by atoms with Gasteiger partial charge in [-0.05, 0) is 24.3 Å². The van der Waals surface area contributed by atoms with Crippen molar-refractivity contribution in [3.05, 3.63) is 59.7 Å². The fourth-order valence-electron chi connectivity index (χ4n) is 2.32. The van der Waals surface area contributed by atoms with Crippen LogP contribution in [-0.4, -0.2) is 15.4 Å². The number of hydrogen-bond acceptors (Lipinski definition) is 1. The van der Waals surface area contributed by atoms with Crippen LogP contribution in [0, 0.1) is 17.5 Å². The zero-order chi connectivity index (χ0) is 15.0. The smallest absolute Gasteiger partial charge is 0.151 e. The number of benzene rings is 2. The summed E-state index contributed by atoms with van der Waals surface area (Å²) in [5, 5.41) is 0. The van der Waals surface area contributed by atoms with E-state index in [0.717, 1.165) is 12.1 Å². The molecule has 0 atom stereocenters. The van der Waals surface area contributed by atoms with Crippen LogP contribution >= 0.6 is 11.6 Å². The van der Waals surface area contributed by atoms with Crippen LogP contribution in [0.2, 0.25) is 0 Å². The molecule has 1 heterocycles. The molecule has 6 heteroatoms. The van der Waals surface area contributed by atoms with Crippen molar-refractivity contribution >= 4 is 22.6 Å². The molecule has 0 bridgehead atoms. The minimum Gasteiger partial charge on any atom is -0.291 e. The lowest BCUT2D eigenvalue weighted by Gasteiger charge is -2.10. The van der Waals surface area contributed by atoms with E-state index in [1.807, 2.05) is 0 Å². The molecule has 108 valence electrons. The van der Waals surface area contributed by atoms with E-state index in [2.05, 4.69) is 4.98 Å². The quantitative estimate of drug-likeness (QED) is 0.662. The molecule has 0 saturated carbocycles. The SMILES string of the molecule is Fc1cccc(F)c1-n1c(CCCl)nc2c(F)cccc21. The molecule has 1 aromatic heterocycles. The third-order valence-electron chi connectivity index (χ3n) is 3.18. The summed E-state index contributed by atoms with van der Waals surface area (Å²) in [7, 11) is 0. The van der Waals surface area contributed by atoms with Crippen LogP contribution in [0.5, 0.6) is 0 Å². The van der Waals surface area contributed by atoms with Gasteiger partial charge in [0, 0.05) is 12.3 Å². The predicted molar refractivity (Wildman–Crippen MR) is 75.4 cm³/mol. The van der Waals surface area contributed by atoms with Crippen molar-refractivity contribution in [3.8, 4) is 5.69 Å². The van der Waals surface area contributed by atoms with Crippen LogP contribution in [0.25, 0.3) is 16.7 Å². The first kappa shape index (κ1) is 13.9. The van der Waals surface area contributed by atoms with E-state index in [1.54, 1.807) is 6.07 Å². The molecular formula is C15H10ClF3N2. The molecule has 3 rings (SSSR count). The van der Waals surface area contributed by atoms with Crippen LogP contribution in [0.3, 0.4) is 0 Å². The monoisotopic (exact) mass is 310 g/mol. The lowest BCUT2D eigenvalue weighted by molar-refractivity contribution is 0.568. The summed E-state index contributed by atoms with van der Waals surface area (Å²) >= 11 is 5.71. The minimum atomic E-state index is -0.741. The fourth-order valence-corrected chi connectivity index (χ4v) is 2.49. The molecule has 0 fully saturated rings. The van der Waals surface area contributed by atoms with Crippen LogP contribution < -0.4 is 0 Å². The summed E-state index contributed by atoms with van der Waals surface area (Å²) < 4.78 is 43.2. The third-order valence-corrected chi connectivity index (χ3v) is 3.37. The van der Waals surface area contributed by atoms with E-state index in [0.29, 0.717) is 11.3 Å². The Hall–Kier alpha value is -2.01. The standard InChI is InChI=1S/C15H10ClF3N2/c16-8-7-13-20-14-9(17)3-2-6-12(14)21(13)15-10(18)4-1-5-11(15)19/h1-6H,7-8H2. The van der Waals surface area contributed by atoms with Gasteiger partial charge in [-0.15, -0.1) is 11.6 Å². The van der Waals surface area contributed by atoms with Crippen molar-refractivity contribution < 1.29 is 13.2 Å². The molecule has 0 aliphatic rings. The molecule has 0 N–H and O–H groups in total. The van der Waals surface area contributed by atoms with E-state index >= 15 is 0 Å². The van der Waals surface area contributed by atoms with E-state index in [1.165, 1.54) is 22.8 Å². The van der Waals surface area contributed by atoms with Gasteiger partial charge in [0.2, 0.25) is 0 Å². The van der Waals surface area contributed by atoms with Gasteiger partial charge in [-0.25, -0.2) is 18.2 Å². The summed E-state index contributed by atoms with van der Waals surface area (Å²) in [6.07, 6.45) is 0.267. The number of fused-ring (bicyclic) bond motifs is 1. The van der Waals surface area contributed by atoms with E-state index < -0.39 is 17.5 Å². The Morgan fingerprint density at radius 1 is 0.952 bits per heavy atom. The third kappa shape index (κ3) is 2.27. The number of alkyl halides is 1. The van der Waals surface area contributed by atoms with Gasteiger partial charge < -0.3 is 0 Å². The minimum absolute atomic E-state index is 0.0697. The maximum Gasteiger partial charge on any atom is 0.151 e. The molecule has 2 aromatic carbocycles. The van der Waals surface area contributed by atoms with Gasteiger partial charge in [0.25, 0.3) is 0 Å². The molecule has 0 unspecified atom stereocenters. The Kier molecular flexibility index (Phi) is 3.59. The Balaban J connectivity index is 2.40. The summed E-state index contributed by atoms with van der Waals surface area (Å²) in [6, 6.07) is 7.85. The summed E-state index contributed by atoms with van der Waals surface area (Å²) in [5.74, 6) is -1.50. The zero-order valence-electron chi connectivity index (χ0n) is 10.8. The van der Waals surface area contributed by atoms with Crippen LogP contribution in [0.1, 0.15) is 5.82 Å². The lowest BCUT2D eigenvalue weighted by Crippen LogP contribution is -2.06. The number of nitrogens with zero attached hydrogens (tertiary/aromatic N) is 2. The predicted octanol–water partition coefficient (Wildman–Crippen LogP) is 4.22. The summed E-state index contributed by atoms with van der Waals surface area (Å²) in [4.78, 5) is 4.13. The van der Waals surface area contributed by atoms with Gasteiger partial charge in [0.1, 0.15) is 28.7 Å². The highest BCUT2D eigenvalue weighted by Crippen LogP contribution is 2.27. The zero-order valence-corrected chi connectivity index (χ0v) is 11.5. The second-order valence-electron chi connectivity index (χ2n) is 4.48. The average molecular weight is 311 g/mol. The van der Waals surface area contributed by atoms with Gasteiger partial charge in [-0.1, -0.05) is 12.1 Å². The highest BCUT2D eigenvalue weighted by molar-refractivity contribution is 6.17. The van der Waals surface area contributed by atoms with Gasteiger partial charge in [-0.3, -0.25) is 4.57 Å². The van der Waals surface area contributed by atoms with E-state index in [9.17, 15) is 13.2 Å². The van der Waals surface area contributed by atoms with Crippen LogP contribution in [-0.2, 0) is 6.42 Å². The van der Waals surface area contributed by atoms with Crippen molar-refractivity contribution in [1.82, 2.24) is 9.55 Å². The number of para-hydroxylation sites is 2. The molecule has 0 radical (unpaired) electrons. The molecule has 0 saturated heterocycles. The van der Waals surface area contributed by atoms with Gasteiger partial charge in [0.15, 0.2) is 5.82 Å². The Morgan fingerprint density at radius 3 is 2.24 bits per heavy atom. The van der Waals surface area contributed by atoms with Gasteiger partial charge in [-0.2, -0.15) is 0 Å². The topological polar surface area (TPSA) is 17.8 Å². The number of imidazole rings is 1. The first-order valence-corrected chi connectivity index (χ1v) is 6.83. The van der Waals surface area contributed by atoms with Gasteiger partial charge >= 0.3 is 0 Å². The Labute approximate surface area is 123 Å². The highest BCUT2D eigenvalue weighted by Gasteiger charge is 2.19. The Morgan fingerprint density at radius 2 is 1.57 bits per heavy atom. The van der Waals surface area contributed by atoms with Crippen molar-refractivity contribution in [2.75, 3.05) is 5.88 Å². The summed E-state index contributed by atoms with van der Waals surface area (Å²) in [6.45, 7) is 0. The van der Waals surface area contributed by atoms with Crippen molar-refractivity contribution in [3.63, 3.8) is 0 Å². The van der Waals surface area contributed by atoms with Crippen molar-refractivity contribution in [2.45, 2.75) is 6.42 Å². The number of aromatic nitrogens is 2. The molecule has 0 aliphatic heterocycles.